The maximum absolute atomic E-state index is 6.56. The molecule has 0 aromatic carbocycles. The predicted octanol–water partition coefficient (Wildman–Crippen LogP) is 6.58. The summed E-state index contributed by atoms with van der Waals surface area (Å²) in [4.78, 5) is -0.0752. The van der Waals surface area contributed by atoms with Crippen molar-refractivity contribution in [3.63, 3.8) is 0 Å². The van der Waals surface area contributed by atoms with Gasteiger partial charge in [-0.1, -0.05) is 52.4 Å². The lowest BCUT2D eigenvalue weighted by molar-refractivity contribution is 0.125. The molecule has 0 fully saturated rings. The highest BCUT2D eigenvalue weighted by atomic mass is 35.5. The average Bonchev–Trinajstić information content (AvgIpc) is 2.38. The van der Waals surface area contributed by atoms with Gasteiger partial charge in [0.25, 0.3) is 0 Å². The summed E-state index contributed by atoms with van der Waals surface area (Å²) in [7, 11) is 0. The number of rotatable bonds is 14. The van der Waals surface area contributed by atoms with Gasteiger partial charge in [-0.15, -0.1) is 11.6 Å². The number of halogens is 1. The van der Waals surface area contributed by atoms with E-state index < -0.39 is 0 Å². The van der Waals surface area contributed by atoms with Crippen LogP contribution in [0.3, 0.4) is 0 Å². The Hall–Kier alpha value is 0.250. The molecule has 0 heterocycles. The molecule has 0 saturated heterocycles. The first-order valence-corrected chi connectivity index (χ1v) is 9.16. The zero-order valence-corrected chi connectivity index (χ0v) is 15.1. The number of ether oxygens (including phenoxy) is 1. The van der Waals surface area contributed by atoms with Gasteiger partial charge in [-0.3, -0.25) is 0 Å². The molecule has 0 aliphatic heterocycles. The Morgan fingerprint density at radius 2 is 1.40 bits per heavy atom. The third-order valence-corrected chi connectivity index (χ3v) is 4.38. The maximum atomic E-state index is 6.56. The van der Waals surface area contributed by atoms with E-state index in [2.05, 4.69) is 27.7 Å². The number of hydrogen-bond acceptors (Lipinski definition) is 1. The standard InChI is InChI=1S/C18H37ClO/c1-5-7-8-9-10-11-13-17(18(3,4)19)14-12-16-20-15-6-2/h17H,5-16H2,1-4H3. The summed E-state index contributed by atoms with van der Waals surface area (Å²) in [5.74, 6) is 0.626. The lowest BCUT2D eigenvalue weighted by Gasteiger charge is -2.28. The van der Waals surface area contributed by atoms with Gasteiger partial charge in [-0.25, -0.2) is 0 Å². The molecule has 1 atom stereocenters. The second kappa shape index (κ2) is 13.0. The van der Waals surface area contributed by atoms with Crippen LogP contribution in [0.15, 0.2) is 0 Å². The number of alkyl halides is 1. The third-order valence-electron chi connectivity index (χ3n) is 4.07. The Morgan fingerprint density at radius 3 is 2.00 bits per heavy atom. The molecule has 0 saturated carbocycles. The monoisotopic (exact) mass is 304 g/mol. The zero-order valence-electron chi connectivity index (χ0n) is 14.3. The predicted molar refractivity (Wildman–Crippen MR) is 91.8 cm³/mol. The van der Waals surface area contributed by atoms with Crippen molar-refractivity contribution in [2.75, 3.05) is 13.2 Å². The first-order valence-electron chi connectivity index (χ1n) is 8.79. The van der Waals surface area contributed by atoms with Crippen LogP contribution in [0.2, 0.25) is 0 Å². The zero-order chi connectivity index (χ0) is 15.3. The molecule has 0 aliphatic carbocycles. The highest BCUT2D eigenvalue weighted by molar-refractivity contribution is 6.23. The molecule has 20 heavy (non-hydrogen) atoms. The maximum Gasteiger partial charge on any atom is 0.0466 e. The molecule has 0 bridgehead atoms. The van der Waals surface area contributed by atoms with Crippen molar-refractivity contribution in [3.05, 3.63) is 0 Å². The van der Waals surface area contributed by atoms with Crippen LogP contribution in [0.4, 0.5) is 0 Å². The Bertz CT molecular complexity index is 198. The van der Waals surface area contributed by atoms with Gasteiger partial charge >= 0.3 is 0 Å². The molecule has 0 rings (SSSR count). The number of hydrogen-bond donors (Lipinski definition) is 0. The molecule has 1 unspecified atom stereocenters. The fourth-order valence-corrected chi connectivity index (χ4v) is 2.90. The fourth-order valence-electron chi connectivity index (χ4n) is 2.68. The van der Waals surface area contributed by atoms with E-state index in [0.29, 0.717) is 5.92 Å². The normalized spacial score (nSPS) is 13.7. The minimum absolute atomic E-state index is 0.0752. The van der Waals surface area contributed by atoms with Crippen LogP contribution in [0.25, 0.3) is 0 Å². The molecule has 0 spiro atoms. The molecule has 0 radical (unpaired) electrons. The molecule has 0 amide bonds. The molecular formula is C18H37ClO. The van der Waals surface area contributed by atoms with Gasteiger partial charge in [0, 0.05) is 18.1 Å². The van der Waals surface area contributed by atoms with Gasteiger partial charge in [0.15, 0.2) is 0 Å². The minimum atomic E-state index is -0.0752. The first kappa shape index (κ1) is 20.2. The van der Waals surface area contributed by atoms with Crippen LogP contribution in [-0.4, -0.2) is 18.1 Å². The van der Waals surface area contributed by atoms with E-state index in [1.807, 2.05) is 0 Å². The van der Waals surface area contributed by atoms with Crippen LogP contribution < -0.4 is 0 Å². The molecule has 2 heteroatoms. The summed E-state index contributed by atoms with van der Waals surface area (Å²) in [6, 6.07) is 0. The van der Waals surface area contributed by atoms with Crippen LogP contribution in [0.5, 0.6) is 0 Å². The summed E-state index contributed by atoms with van der Waals surface area (Å²) in [6.45, 7) is 10.6. The van der Waals surface area contributed by atoms with E-state index in [4.69, 9.17) is 16.3 Å². The van der Waals surface area contributed by atoms with E-state index in [0.717, 1.165) is 26.1 Å². The smallest absolute Gasteiger partial charge is 0.0466 e. The molecule has 0 N–H and O–H groups in total. The summed E-state index contributed by atoms with van der Waals surface area (Å²) in [5, 5.41) is 0. The molecule has 0 aromatic rings. The molecule has 1 nitrogen and oxygen atoms in total. The van der Waals surface area contributed by atoms with Crippen LogP contribution >= 0.6 is 11.6 Å². The van der Waals surface area contributed by atoms with Crippen molar-refractivity contribution in [3.8, 4) is 0 Å². The van der Waals surface area contributed by atoms with Crippen LogP contribution in [0.1, 0.15) is 91.9 Å². The topological polar surface area (TPSA) is 9.23 Å². The van der Waals surface area contributed by atoms with Gasteiger partial charge in [0.2, 0.25) is 0 Å². The van der Waals surface area contributed by atoms with E-state index in [1.54, 1.807) is 0 Å². The second-order valence-corrected chi connectivity index (χ2v) is 7.55. The van der Waals surface area contributed by atoms with E-state index in [1.165, 1.54) is 51.4 Å². The third kappa shape index (κ3) is 12.0. The van der Waals surface area contributed by atoms with Crippen molar-refractivity contribution in [1.82, 2.24) is 0 Å². The van der Waals surface area contributed by atoms with Crippen molar-refractivity contribution in [2.45, 2.75) is 96.8 Å². The van der Waals surface area contributed by atoms with Crippen molar-refractivity contribution < 1.29 is 4.74 Å². The van der Waals surface area contributed by atoms with Gasteiger partial charge in [-0.2, -0.15) is 0 Å². The highest BCUT2D eigenvalue weighted by Crippen LogP contribution is 2.32. The lowest BCUT2D eigenvalue weighted by atomic mass is 9.85. The highest BCUT2D eigenvalue weighted by Gasteiger charge is 2.25. The van der Waals surface area contributed by atoms with Crippen molar-refractivity contribution in [1.29, 1.82) is 0 Å². The first-order chi connectivity index (χ1) is 9.52. The minimum Gasteiger partial charge on any atom is -0.381 e. The quantitative estimate of drug-likeness (QED) is 0.260. The SMILES string of the molecule is CCCCCCCCC(CCCOCCC)C(C)(C)Cl. The van der Waals surface area contributed by atoms with Gasteiger partial charge in [-0.05, 0) is 45.4 Å². The Kier molecular flexibility index (Phi) is 13.1. The largest absolute Gasteiger partial charge is 0.381 e. The molecule has 0 aliphatic rings. The van der Waals surface area contributed by atoms with Crippen LogP contribution in [0, 0.1) is 5.92 Å². The number of unbranched alkanes of at least 4 members (excludes halogenated alkanes) is 5. The van der Waals surface area contributed by atoms with Crippen molar-refractivity contribution in [2.24, 2.45) is 5.92 Å². The fraction of sp³-hybridized carbons (Fsp3) is 1.00. The van der Waals surface area contributed by atoms with E-state index in [9.17, 15) is 0 Å². The Morgan fingerprint density at radius 1 is 0.800 bits per heavy atom. The van der Waals surface area contributed by atoms with Crippen LogP contribution in [-0.2, 0) is 4.74 Å². The average molecular weight is 305 g/mol. The lowest BCUT2D eigenvalue weighted by Crippen LogP contribution is -2.25. The van der Waals surface area contributed by atoms with E-state index >= 15 is 0 Å². The van der Waals surface area contributed by atoms with Gasteiger partial charge in [0.1, 0.15) is 0 Å². The summed E-state index contributed by atoms with van der Waals surface area (Å²) in [5.41, 5.74) is 0. The Balaban J connectivity index is 3.75. The summed E-state index contributed by atoms with van der Waals surface area (Å²) >= 11 is 6.56. The molecule has 0 aromatic heterocycles. The van der Waals surface area contributed by atoms with E-state index in [-0.39, 0.29) is 4.87 Å². The molecular weight excluding hydrogens is 268 g/mol. The summed E-state index contributed by atoms with van der Waals surface area (Å²) in [6.07, 6.45) is 13.0. The van der Waals surface area contributed by atoms with Gasteiger partial charge < -0.3 is 4.74 Å². The Labute approximate surface area is 132 Å². The second-order valence-electron chi connectivity index (χ2n) is 6.57. The summed E-state index contributed by atoms with van der Waals surface area (Å²) < 4.78 is 5.57. The van der Waals surface area contributed by atoms with Gasteiger partial charge in [0.05, 0.1) is 0 Å². The van der Waals surface area contributed by atoms with Crippen molar-refractivity contribution >= 4 is 11.6 Å². The molecule has 122 valence electrons.